The van der Waals surface area contributed by atoms with Crippen LogP contribution in [0.3, 0.4) is 0 Å². The van der Waals surface area contributed by atoms with Gasteiger partial charge in [0, 0.05) is 19.4 Å². The molecule has 1 rings (SSSR count). The number of rotatable bonds is 0. The molecule has 8 heavy (non-hydrogen) atoms. The molecule has 3 heteroatoms. The van der Waals surface area contributed by atoms with E-state index in [0.717, 1.165) is 0 Å². The molecule has 0 unspecified atom stereocenters. The first kappa shape index (κ1) is 5.03. The first-order valence-electron chi connectivity index (χ1n) is 2.27. The first-order chi connectivity index (χ1) is 3.80. The molecule has 0 saturated carbocycles. The van der Waals surface area contributed by atoms with Crippen molar-refractivity contribution in [1.29, 1.82) is 0 Å². The Kier molecular flexibility index (Phi) is 1.12. The Hall–Kier alpha value is -1.12. The van der Waals surface area contributed by atoms with Gasteiger partial charge in [-0.05, 0) is 0 Å². The summed E-state index contributed by atoms with van der Waals surface area (Å²) >= 11 is 0. The molecule has 42 valence electrons. The summed E-state index contributed by atoms with van der Waals surface area (Å²) in [5.74, 6) is 0. The number of hydrogen-bond donors (Lipinski definition) is 0. The molecule has 0 fully saturated rings. The van der Waals surface area contributed by atoms with Gasteiger partial charge in [-0.1, -0.05) is 0 Å². The Morgan fingerprint density at radius 3 is 2.88 bits per heavy atom. The van der Waals surface area contributed by atoms with Crippen LogP contribution in [0.5, 0.6) is 0 Å². The third-order valence-electron chi connectivity index (χ3n) is 0.909. The average molecular weight is 110 g/mol. The van der Waals surface area contributed by atoms with E-state index in [0.29, 0.717) is 0 Å². The zero-order valence-electron chi connectivity index (χ0n) is 4.53. The Labute approximate surface area is 46.6 Å². The SMILES string of the molecule is Cn1ccncc1=O. The second-order valence-corrected chi connectivity index (χ2v) is 1.53. The van der Waals surface area contributed by atoms with Crippen molar-refractivity contribution in [3.63, 3.8) is 0 Å². The topological polar surface area (TPSA) is 34.9 Å². The molecule has 0 aliphatic heterocycles. The van der Waals surface area contributed by atoms with Gasteiger partial charge in [0.05, 0.1) is 6.20 Å². The molecule has 0 aliphatic rings. The van der Waals surface area contributed by atoms with Crippen molar-refractivity contribution in [2.24, 2.45) is 7.05 Å². The van der Waals surface area contributed by atoms with Gasteiger partial charge in [-0.2, -0.15) is 0 Å². The highest BCUT2D eigenvalue weighted by molar-refractivity contribution is 4.77. The molecule has 0 aliphatic carbocycles. The quantitative estimate of drug-likeness (QED) is 0.462. The molecule has 0 radical (unpaired) electrons. The van der Waals surface area contributed by atoms with Crippen LogP contribution in [0.4, 0.5) is 0 Å². The molecule has 0 bridgehead atoms. The highest BCUT2D eigenvalue weighted by Gasteiger charge is 1.80. The van der Waals surface area contributed by atoms with Gasteiger partial charge >= 0.3 is 0 Å². The molecule has 3 nitrogen and oxygen atoms in total. The highest BCUT2D eigenvalue weighted by atomic mass is 16.1. The zero-order valence-corrected chi connectivity index (χ0v) is 4.53. The molecular formula is C5H6N2O. The van der Waals surface area contributed by atoms with Crippen LogP contribution in [0.2, 0.25) is 0 Å². The average Bonchev–Trinajstić information content (AvgIpc) is 1.77. The number of nitrogens with zero attached hydrogens (tertiary/aromatic N) is 2. The molecular weight excluding hydrogens is 104 g/mol. The molecule has 0 aromatic carbocycles. The van der Waals surface area contributed by atoms with Crippen LogP contribution in [0.25, 0.3) is 0 Å². The summed E-state index contributed by atoms with van der Waals surface area (Å²) in [6.45, 7) is 0. The van der Waals surface area contributed by atoms with Crippen LogP contribution in [-0.4, -0.2) is 9.55 Å². The Morgan fingerprint density at radius 1 is 1.75 bits per heavy atom. The van der Waals surface area contributed by atoms with Gasteiger partial charge in [0.2, 0.25) is 0 Å². The van der Waals surface area contributed by atoms with Gasteiger partial charge < -0.3 is 4.57 Å². The largest absolute Gasteiger partial charge is 0.316 e. The van der Waals surface area contributed by atoms with E-state index >= 15 is 0 Å². The fourth-order valence-electron chi connectivity index (χ4n) is 0.410. The Balaban J connectivity index is 3.35. The zero-order chi connectivity index (χ0) is 5.98. The summed E-state index contributed by atoms with van der Waals surface area (Å²) in [6, 6.07) is 0. The first-order valence-corrected chi connectivity index (χ1v) is 2.27. The predicted octanol–water partition coefficient (Wildman–Crippen LogP) is -0.220. The van der Waals surface area contributed by atoms with Crippen LogP contribution in [-0.2, 0) is 7.05 Å². The van der Waals surface area contributed by atoms with E-state index in [9.17, 15) is 4.79 Å². The number of aryl methyl sites for hydroxylation is 1. The van der Waals surface area contributed by atoms with E-state index in [2.05, 4.69) is 4.98 Å². The standard InChI is InChI=1S/C5H6N2O/c1-7-3-2-6-4-5(7)8/h2-4H,1H3. The fourth-order valence-corrected chi connectivity index (χ4v) is 0.410. The minimum atomic E-state index is -0.0764. The third-order valence-corrected chi connectivity index (χ3v) is 0.909. The van der Waals surface area contributed by atoms with Gasteiger partial charge in [-0.25, -0.2) is 0 Å². The van der Waals surface area contributed by atoms with Crippen molar-refractivity contribution >= 4 is 0 Å². The van der Waals surface area contributed by atoms with Crippen molar-refractivity contribution in [1.82, 2.24) is 9.55 Å². The molecule has 0 atom stereocenters. The summed E-state index contributed by atoms with van der Waals surface area (Å²) in [7, 11) is 1.68. The smallest absolute Gasteiger partial charge is 0.268 e. The van der Waals surface area contributed by atoms with Crippen molar-refractivity contribution < 1.29 is 0 Å². The van der Waals surface area contributed by atoms with Crippen LogP contribution in [0.15, 0.2) is 23.4 Å². The Morgan fingerprint density at radius 2 is 2.50 bits per heavy atom. The van der Waals surface area contributed by atoms with E-state index in [4.69, 9.17) is 0 Å². The maximum absolute atomic E-state index is 10.5. The number of hydrogen-bond acceptors (Lipinski definition) is 2. The molecule has 0 saturated heterocycles. The highest BCUT2D eigenvalue weighted by Crippen LogP contribution is 1.66. The van der Waals surface area contributed by atoms with Crippen molar-refractivity contribution in [3.05, 3.63) is 28.9 Å². The predicted molar refractivity (Wildman–Crippen MR) is 29.5 cm³/mol. The minimum absolute atomic E-state index is 0.0764. The maximum Gasteiger partial charge on any atom is 0.268 e. The third kappa shape index (κ3) is 0.753. The maximum atomic E-state index is 10.5. The summed E-state index contributed by atoms with van der Waals surface area (Å²) in [6.07, 6.45) is 4.46. The normalized spacial score (nSPS) is 9.12. The van der Waals surface area contributed by atoms with Crippen LogP contribution < -0.4 is 5.56 Å². The van der Waals surface area contributed by atoms with E-state index in [1.165, 1.54) is 10.8 Å². The van der Waals surface area contributed by atoms with Gasteiger partial charge in [0.1, 0.15) is 0 Å². The molecule has 1 aromatic rings. The monoisotopic (exact) mass is 110 g/mol. The Bertz CT molecular complexity index is 228. The van der Waals surface area contributed by atoms with Crippen LogP contribution >= 0.6 is 0 Å². The van der Waals surface area contributed by atoms with E-state index < -0.39 is 0 Å². The fraction of sp³-hybridized carbons (Fsp3) is 0.200. The molecule has 0 amide bonds. The summed E-state index contributed by atoms with van der Waals surface area (Å²) < 4.78 is 1.47. The minimum Gasteiger partial charge on any atom is -0.316 e. The van der Waals surface area contributed by atoms with Crippen molar-refractivity contribution in [3.8, 4) is 0 Å². The summed E-state index contributed by atoms with van der Waals surface area (Å²) in [5, 5.41) is 0. The van der Waals surface area contributed by atoms with Gasteiger partial charge in [-0.3, -0.25) is 9.78 Å². The molecule has 1 aromatic heterocycles. The molecule has 0 spiro atoms. The van der Waals surface area contributed by atoms with E-state index in [1.807, 2.05) is 0 Å². The van der Waals surface area contributed by atoms with E-state index in [1.54, 1.807) is 19.4 Å². The summed E-state index contributed by atoms with van der Waals surface area (Å²) in [5.41, 5.74) is -0.0764. The molecule has 1 heterocycles. The molecule has 0 N–H and O–H groups in total. The lowest BCUT2D eigenvalue weighted by Gasteiger charge is -1.88. The van der Waals surface area contributed by atoms with Gasteiger partial charge in [0.15, 0.2) is 0 Å². The second kappa shape index (κ2) is 1.78. The second-order valence-electron chi connectivity index (χ2n) is 1.53. The van der Waals surface area contributed by atoms with Crippen LogP contribution in [0, 0.1) is 0 Å². The summed E-state index contributed by atoms with van der Waals surface area (Å²) in [4.78, 5) is 14.1. The lowest BCUT2D eigenvalue weighted by Crippen LogP contribution is -2.14. The van der Waals surface area contributed by atoms with Gasteiger partial charge in [-0.15, -0.1) is 0 Å². The van der Waals surface area contributed by atoms with Crippen molar-refractivity contribution in [2.75, 3.05) is 0 Å². The van der Waals surface area contributed by atoms with Gasteiger partial charge in [0.25, 0.3) is 5.56 Å². The van der Waals surface area contributed by atoms with Crippen LogP contribution in [0.1, 0.15) is 0 Å². The lowest BCUT2D eigenvalue weighted by atomic mass is 10.7. The van der Waals surface area contributed by atoms with Crippen molar-refractivity contribution in [2.45, 2.75) is 0 Å². The van der Waals surface area contributed by atoms with E-state index in [-0.39, 0.29) is 5.56 Å². The lowest BCUT2D eigenvalue weighted by molar-refractivity contribution is 0.841. The number of aromatic nitrogens is 2.